The predicted molar refractivity (Wildman–Crippen MR) is 125 cm³/mol. The number of hydrogen-bond acceptors (Lipinski definition) is 2. The molecule has 1 aromatic heterocycles. The van der Waals surface area contributed by atoms with Crippen molar-refractivity contribution >= 4 is 22.7 Å². The van der Waals surface area contributed by atoms with Crippen molar-refractivity contribution < 1.29 is 9.59 Å². The van der Waals surface area contributed by atoms with Gasteiger partial charge >= 0.3 is 0 Å². The fourth-order valence-corrected chi connectivity index (χ4v) is 4.87. The third-order valence-electron chi connectivity index (χ3n) is 6.61. The maximum atomic E-state index is 13.3. The van der Waals surface area contributed by atoms with Crippen molar-refractivity contribution in [2.45, 2.75) is 24.3 Å². The number of rotatable bonds is 7. The van der Waals surface area contributed by atoms with Crippen LogP contribution in [0.15, 0.2) is 91.1 Å². The van der Waals surface area contributed by atoms with Gasteiger partial charge in [0.1, 0.15) is 6.04 Å². The van der Waals surface area contributed by atoms with Gasteiger partial charge in [0, 0.05) is 28.9 Å². The lowest BCUT2D eigenvalue weighted by Gasteiger charge is -2.20. The summed E-state index contributed by atoms with van der Waals surface area (Å²) in [6.45, 7) is 0. The molecular weight excluding hydrogens is 398 g/mol. The van der Waals surface area contributed by atoms with Gasteiger partial charge in [0.05, 0.1) is 5.92 Å². The Morgan fingerprint density at radius 3 is 2.16 bits per heavy atom. The molecule has 32 heavy (non-hydrogen) atoms. The Labute approximate surface area is 186 Å². The molecule has 2 amide bonds. The molecule has 3 aromatic carbocycles. The van der Waals surface area contributed by atoms with Crippen molar-refractivity contribution in [3.05, 3.63) is 108 Å². The molecule has 5 nitrogen and oxygen atoms in total. The van der Waals surface area contributed by atoms with E-state index in [9.17, 15) is 9.59 Å². The van der Waals surface area contributed by atoms with E-state index in [4.69, 9.17) is 5.73 Å². The molecule has 1 fully saturated rings. The number of benzene rings is 3. The van der Waals surface area contributed by atoms with Crippen LogP contribution < -0.4 is 11.1 Å². The Hall–Kier alpha value is -3.86. The number of H-pyrrole nitrogens is 1. The van der Waals surface area contributed by atoms with Crippen LogP contribution in [0.25, 0.3) is 10.9 Å². The van der Waals surface area contributed by atoms with Gasteiger partial charge < -0.3 is 16.0 Å². The van der Waals surface area contributed by atoms with E-state index < -0.39 is 11.9 Å². The van der Waals surface area contributed by atoms with E-state index in [0.29, 0.717) is 12.8 Å². The van der Waals surface area contributed by atoms with E-state index in [0.717, 1.165) is 27.6 Å². The number of aromatic amines is 1. The molecule has 4 N–H and O–H groups in total. The lowest BCUT2D eigenvalue weighted by Crippen LogP contribution is -2.47. The lowest BCUT2D eigenvalue weighted by atomic mass is 9.85. The minimum Gasteiger partial charge on any atom is -0.368 e. The van der Waals surface area contributed by atoms with E-state index >= 15 is 0 Å². The van der Waals surface area contributed by atoms with Crippen LogP contribution in [0.5, 0.6) is 0 Å². The van der Waals surface area contributed by atoms with E-state index in [1.54, 1.807) is 0 Å². The number of fused-ring (bicyclic) bond motifs is 1. The first-order chi connectivity index (χ1) is 15.6. The van der Waals surface area contributed by atoms with E-state index in [1.807, 2.05) is 66.9 Å². The summed E-state index contributed by atoms with van der Waals surface area (Å²) in [6, 6.07) is 27.3. The Morgan fingerprint density at radius 1 is 0.938 bits per heavy atom. The Kier molecular flexibility index (Phi) is 5.02. The molecule has 0 aliphatic heterocycles. The van der Waals surface area contributed by atoms with Gasteiger partial charge in [-0.3, -0.25) is 9.59 Å². The zero-order chi connectivity index (χ0) is 22.1. The summed E-state index contributed by atoms with van der Waals surface area (Å²) < 4.78 is 0. The van der Waals surface area contributed by atoms with Crippen molar-refractivity contribution in [2.75, 3.05) is 0 Å². The molecule has 160 valence electrons. The highest BCUT2D eigenvalue weighted by atomic mass is 16.2. The standard InChI is InChI=1S/C27H25N3O2/c28-25(31)24(15-18-17-29-23-14-8-7-13-21(18)23)30-26(32)22-16-27(22,19-9-3-1-4-10-19)20-11-5-2-6-12-20/h1-14,17,22,24,29H,15-16H2,(H2,28,31)(H,30,32)/t22?,24-/m0/s1. The van der Waals surface area contributed by atoms with Crippen molar-refractivity contribution in [3.63, 3.8) is 0 Å². The molecule has 0 radical (unpaired) electrons. The first kappa shape index (κ1) is 20.1. The zero-order valence-corrected chi connectivity index (χ0v) is 17.6. The van der Waals surface area contributed by atoms with Crippen LogP contribution in [0.3, 0.4) is 0 Å². The highest BCUT2D eigenvalue weighted by Gasteiger charge is 2.60. The SMILES string of the molecule is NC(=O)[C@H](Cc1c[nH]c2ccccc12)NC(=O)C1CC1(c1ccccc1)c1ccccc1. The number of carbonyl (C=O) groups is 2. The molecule has 1 unspecified atom stereocenters. The minimum absolute atomic E-state index is 0.138. The van der Waals surface area contributed by atoms with Crippen molar-refractivity contribution in [1.29, 1.82) is 0 Å². The molecule has 0 spiro atoms. The first-order valence-electron chi connectivity index (χ1n) is 10.9. The molecule has 1 aliphatic rings. The van der Waals surface area contributed by atoms with Crippen LogP contribution in [0, 0.1) is 5.92 Å². The van der Waals surface area contributed by atoms with Gasteiger partial charge in [0.25, 0.3) is 0 Å². The van der Waals surface area contributed by atoms with Gasteiger partial charge in [-0.1, -0.05) is 78.9 Å². The van der Waals surface area contributed by atoms with Crippen LogP contribution in [0.1, 0.15) is 23.1 Å². The zero-order valence-electron chi connectivity index (χ0n) is 17.6. The number of para-hydroxylation sites is 1. The average Bonchev–Trinajstić information content (AvgIpc) is 3.48. The second-order valence-corrected chi connectivity index (χ2v) is 8.49. The molecule has 4 aromatic rings. The third kappa shape index (κ3) is 3.46. The van der Waals surface area contributed by atoms with Crippen molar-refractivity contribution in [3.8, 4) is 0 Å². The molecule has 2 atom stereocenters. The van der Waals surface area contributed by atoms with E-state index in [1.165, 1.54) is 0 Å². The molecule has 1 saturated carbocycles. The molecule has 5 heteroatoms. The summed E-state index contributed by atoms with van der Waals surface area (Å²) in [5, 5.41) is 3.98. The number of nitrogens with two attached hydrogens (primary N) is 1. The quantitative estimate of drug-likeness (QED) is 0.423. The van der Waals surface area contributed by atoms with E-state index in [2.05, 4.69) is 34.6 Å². The summed E-state index contributed by atoms with van der Waals surface area (Å²) in [6.07, 6.45) is 2.93. The van der Waals surface area contributed by atoms with Crippen LogP contribution >= 0.6 is 0 Å². The molecule has 0 saturated heterocycles. The smallest absolute Gasteiger partial charge is 0.240 e. The minimum atomic E-state index is -0.772. The average molecular weight is 424 g/mol. The maximum absolute atomic E-state index is 13.3. The normalized spacial score (nSPS) is 17.6. The summed E-state index contributed by atoms with van der Waals surface area (Å²) in [4.78, 5) is 28.8. The van der Waals surface area contributed by atoms with E-state index in [-0.39, 0.29) is 17.2 Å². The van der Waals surface area contributed by atoms with Gasteiger partial charge in [-0.15, -0.1) is 0 Å². The fourth-order valence-electron chi connectivity index (χ4n) is 4.87. The number of amides is 2. The van der Waals surface area contributed by atoms with Crippen LogP contribution in [-0.4, -0.2) is 22.8 Å². The first-order valence-corrected chi connectivity index (χ1v) is 10.9. The van der Waals surface area contributed by atoms with Crippen LogP contribution in [0.4, 0.5) is 0 Å². The number of aromatic nitrogens is 1. The Morgan fingerprint density at radius 2 is 1.53 bits per heavy atom. The number of carbonyl (C=O) groups excluding carboxylic acids is 2. The third-order valence-corrected chi connectivity index (χ3v) is 6.61. The van der Waals surface area contributed by atoms with Gasteiger partial charge in [0.15, 0.2) is 0 Å². The van der Waals surface area contributed by atoms with Crippen LogP contribution in [0.2, 0.25) is 0 Å². The van der Waals surface area contributed by atoms with Crippen molar-refractivity contribution in [1.82, 2.24) is 10.3 Å². The second-order valence-electron chi connectivity index (χ2n) is 8.49. The van der Waals surface area contributed by atoms with Gasteiger partial charge in [0.2, 0.25) is 11.8 Å². The molecule has 1 aliphatic carbocycles. The van der Waals surface area contributed by atoms with Crippen LogP contribution in [-0.2, 0) is 21.4 Å². The maximum Gasteiger partial charge on any atom is 0.240 e. The highest BCUT2D eigenvalue weighted by molar-refractivity contribution is 5.92. The number of nitrogens with one attached hydrogen (secondary N) is 2. The molecule has 0 bridgehead atoms. The summed E-state index contributed by atoms with van der Waals surface area (Å²) >= 11 is 0. The predicted octanol–water partition coefficient (Wildman–Crippen LogP) is 3.69. The largest absolute Gasteiger partial charge is 0.368 e. The Bertz CT molecular complexity index is 1220. The summed E-state index contributed by atoms with van der Waals surface area (Å²) in [5.41, 5.74) is 9.48. The summed E-state index contributed by atoms with van der Waals surface area (Å²) in [5.74, 6) is -0.923. The number of hydrogen-bond donors (Lipinski definition) is 3. The van der Waals surface area contributed by atoms with Gasteiger partial charge in [-0.2, -0.15) is 0 Å². The summed E-state index contributed by atoms with van der Waals surface area (Å²) in [7, 11) is 0. The molecular formula is C27H25N3O2. The lowest BCUT2D eigenvalue weighted by molar-refractivity contribution is -0.128. The molecule has 1 heterocycles. The molecule has 5 rings (SSSR count). The monoisotopic (exact) mass is 423 g/mol. The fraction of sp³-hybridized carbons (Fsp3) is 0.185. The Balaban J connectivity index is 1.40. The van der Waals surface area contributed by atoms with Gasteiger partial charge in [-0.25, -0.2) is 0 Å². The van der Waals surface area contributed by atoms with Gasteiger partial charge in [-0.05, 0) is 29.2 Å². The second kappa shape index (κ2) is 8.00. The number of primary amides is 1. The van der Waals surface area contributed by atoms with Crippen molar-refractivity contribution in [2.24, 2.45) is 11.7 Å². The highest BCUT2D eigenvalue weighted by Crippen LogP contribution is 2.58. The topological polar surface area (TPSA) is 88.0 Å².